The van der Waals surface area contributed by atoms with E-state index in [9.17, 15) is 10.2 Å². The third-order valence-corrected chi connectivity index (χ3v) is 10.2. The molecular formula is C44H54O7. The number of aliphatic hydroxyl groups is 2. The Morgan fingerprint density at radius 1 is 0.784 bits per heavy atom. The van der Waals surface area contributed by atoms with Gasteiger partial charge in [-0.1, -0.05) is 110 Å². The van der Waals surface area contributed by atoms with Crippen LogP contribution >= 0.6 is 0 Å². The molecule has 1 aliphatic heterocycles. The topological polar surface area (TPSA) is 86.6 Å². The maximum Gasteiger partial charge on any atom is 0.225 e. The molecule has 0 aromatic heterocycles. The molecule has 2 unspecified atom stereocenters. The van der Waals surface area contributed by atoms with Crippen LogP contribution in [0.5, 0.6) is 0 Å². The summed E-state index contributed by atoms with van der Waals surface area (Å²) in [5.74, 6) is -1.97. The average molecular weight is 695 g/mol. The van der Waals surface area contributed by atoms with Gasteiger partial charge in [0.1, 0.15) is 11.7 Å². The number of methoxy groups -OCH3 is 1. The molecule has 0 radical (unpaired) electrons. The summed E-state index contributed by atoms with van der Waals surface area (Å²) in [6.45, 7) is 8.82. The molecule has 0 aliphatic carbocycles. The highest BCUT2D eigenvalue weighted by Gasteiger charge is 2.62. The standard InChI is InChI=1S/C44H54O7/c1-5-25-48-26-13-12-14-35-20-22-36(23-21-35)27-39-28-40(24-19-33(39)2)44(47-4)42(50-30-38-17-10-7-11-18-38)41(34(3)43(31-45,32-46)51-44)49-29-37-15-8-6-9-16-37/h5-11,15-24,28,34,41-42,45-46H,1,12-14,25-27,29-32H2,2-4H3/t34?,41-,42?,44-/m0/s1. The van der Waals surface area contributed by atoms with Crippen LogP contribution in [0.1, 0.15) is 58.7 Å². The van der Waals surface area contributed by atoms with Crippen molar-refractivity contribution in [1.29, 1.82) is 0 Å². The summed E-state index contributed by atoms with van der Waals surface area (Å²) in [6.07, 6.45) is 4.21. The minimum absolute atomic E-state index is 0.288. The van der Waals surface area contributed by atoms with Gasteiger partial charge in [0.2, 0.25) is 5.79 Å². The number of rotatable bonds is 19. The van der Waals surface area contributed by atoms with E-state index in [0.717, 1.165) is 53.7 Å². The molecule has 1 heterocycles. The Bertz CT molecular complexity index is 1620. The highest BCUT2D eigenvalue weighted by Crippen LogP contribution is 2.49. The predicted octanol–water partition coefficient (Wildman–Crippen LogP) is 7.47. The van der Waals surface area contributed by atoms with E-state index in [2.05, 4.69) is 49.9 Å². The molecule has 7 nitrogen and oxygen atoms in total. The summed E-state index contributed by atoms with van der Waals surface area (Å²) >= 11 is 0. The molecule has 0 saturated carbocycles. The smallest absolute Gasteiger partial charge is 0.225 e. The second-order valence-electron chi connectivity index (χ2n) is 13.6. The molecule has 4 aromatic rings. The Labute approximate surface area is 303 Å². The van der Waals surface area contributed by atoms with Gasteiger partial charge in [-0.25, -0.2) is 0 Å². The molecule has 1 saturated heterocycles. The molecule has 5 rings (SSSR count). The first-order valence-electron chi connectivity index (χ1n) is 18.0. The van der Waals surface area contributed by atoms with Gasteiger partial charge in [0.15, 0.2) is 0 Å². The summed E-state index contributed by atoms with van der Waals surface area (Å²) in [5, 5.41) is 21.7. The lowest BCUT2D eigenvalue weighted by molar-refractivity contribution is -0.404. The van der Waals surface area contributed by atoms with E-state index in [1.54, 1.807) is 13.2 Å². The monoisotopic (exact) mass is 694 g/mol. The number of benzene rings is 4. The van der Waals surface area contributed by atoms with Gasteiger partial charge in [-0.3, -0.25) is 0 Å². The first-order chi connectivity index (χ1) is 24.9. The number of ether oxygens (including phenoxy) is 5. The molecule has 0 bridgehead atoms. The lowest BCUT2D eigenvalue weighted by atomic mass is 9.75. The van der Waals surface area contributed by atoms with Crippen molar-refractivity contribution in [2.45, 2.75) is 76.3 Å². The number of unbranched alkanes of at least 4 members (excludes halogenated alkanes) is 1. The Morgan fingerprint density at radius 3 is 2.02 bits per heavy atom. The molecule has 4 atom stereocenters. The van der Waals surface area contributed by atoms with Gasteiger partial charge in [-0.15, -0.1) is 6.58 Å². The van der Waals surface area contributed by atoms with Crippen molar-refractivity contribution >= 4 is 0 Å². The molecule has 1 fully saturated rings. The maximum absolute atomic E-state index is 10.9. The highest BCUT2D eigenvalue weighted by molar-refractivity contribution is 5.39. The van der Waals surface area contributed by atoms with Crippen molar-refractivity contribution in [3.05, 3.63) is 155 Å². The molecule has 1 aliphatic rings. The number of hydrogen-bond donors (Lipinski definition) is 2. The first kappa shape index (κ1) is 38.6. The third kappa shape index (κ3) is 9.42. The van der Waals surface area contributed by atoms with E-state index in [0.29, 0.717) is 19.6 Å². The van der Waals surface area contributed by atoms with Crippen LogP contribution in [0.15, 0.2) is 116 Å². The normalized spacial score (nSPS) is 21.4. The van der Waals surface area contributed by atoms with Gasteiger partial charge in [-0.05, 0) is 72.1 Å². The van der Waals surface area contributed by atoms with Gasteiger partial charge in [0.25, 0.3) is 0 Å². The fraction of sp³-hybridized carbons (Fsp3) is 0.409. The quantitative estimate of drug-likeness (QED) is 0.0778. The average Bonchev–Trinajstić information content (AvgIpc) is 3.17. The molecule has 272 valence electrons. The Hall–Kier alpha value is -3.66. The first-order valence-corrected chi connectivity index (χ1v) is 18.0. The lowest BCUT2D eigenvalue weighted by Crippen LogP contribution is -2.69. The van der Waals surface area contributed by atoms with Gasteiger partial charge in [0, 0.05) is 25.2 Å². The minimum atomic E-state index is -1.52. The summed E-state index contributed by atoms with van der Waals surface area (Å²) in [6, 6.07) is 34.9. The van der Waals surface area contributed by atoms with Crippen LogP contribution in [-0.4, -0.2) is 61.6 Å². The van der Waals surface area contributed by atoms with Crippen LogP contribution in [0, 0.1) is 12.8 Å². The summed E-state index contributed by atoms with van der Waals surface area (Å²) in [4.78, 5) is 0. The molecular weight excluding hydrogens is 640 g/mol. The number of aryl methyl sites for hydroxylation is 2. The fourth-order valence-electron chi connectivity index (χ4n) is 6.92. The van der Waals surface area contributed by atoms with Gasteiger partial charge >= 0.3 is 0 Å². The SMILES string of the molecule is C=CCOCCCCc1ccc(Cc2cc([C@]3(OC)OC(CO)(CO)C(C)[C@H](OCc4ccccc4)C3OCc3ccccc3)ccc2C)cc1. The van der Waals surface area contributed by atoms with Gasteiger partial charge < -0.3 is 33.9 Å². The molecule has 7 heteroatoms. The van der Waals surface area contributed by atoms with Gasteiger partial charge in [-0.2, -0.15) is 0 Å². The Balaban J connectivity index is 1.46. The third-order valence-electron chi connectivity index (χ3n) is 10.2. The zero-order valence-electron chi connectivity index (χ0n) is 30.3. The number of hydrogen-bond acceptors (Lipinski definition) is 7. The van der Waals surface area contributed by atoms with E-state index in [-0.39, 0.29) is 6.61 Å². The van der Waals surface area contributed by atoms with Crippen molar-refractivity contribution in [2.24, 2.45) is 5.92 Å². The van der Waals surface area contributed by atoms with E-state index < -0.39 is 42.7 Å². The van der Waals surface area contributed by atoms with Crippen LogP contribution in [0.4, 0.5) is 0 Å². The van der Waals surface area contributed by atoms with Crippen LogP contribution in [0.25, 0.3) is 0 Å². The Kier molecular flexibility index (Phi) is 14.2. The van der Waals surface area contributed by atoms with E-state index >= 15 is 0 Å². The second-order valence-corrected chi connectivity index (χ2v) is 13.6. The van der Waals surface area contributed by atoms with Crippen LogP contribution < -0.4 is 0 Å². The Morgan fingerprint density at radius 2 is 1.41 bits per heavy atom. The van der Waals surface area contributed by atoms with E-state index in [1.165, 1.54) is 11.1 Å². The largest absolute Gasteiger partial charge is 0.393 e. The van der Waals surface area contributed by atoms with Crippen molar-refractivity contribution < 1.29 is 33.9 Å². The van der Waals surface area contributed by atoms with Gasteiger partial charge in [0.05, 0.1) is 39.1 Å². The zero-order valence-corrected chi connectivity index (χ0v) is 30.3. The number of aliphatic hydroxyl groups excluding tert-OH is 2. The second kappa shape index (κ2) is 18.7. The lowest BCUT2D eigenvalue weighted by Gasteiger charge is -2.56. The summed E-state index contributed by atoms with van der Waals surface area (Å²) < 4.78 is 32.3. The van der Waals surface area contributed by atoms with Crippen molar-refractivity contribution in [2.75, 3.05) is 33.5 Å². The van der Waals surface area contributed by atoms with Crippen molar-refractivity contribution in [3.63, 3.8) is 0 Å². The van der Waals surface area contributed by atoms with Crippen LogP contribution in [0.2, 0.25) is 0 Å². The molecule has 4 aromatic carbocycles. The molecule has 0 amide bonds. The molecule has 0 spiro atoms. The zero-order chi connectivity index (χ0) is 36.1. The predicted molar refractivity (Wildman–Crippen MR) is 200 cm³/mol. The summed E-state index contributed by atoms with van der Waals surface area (Å²) in [5.41, 5.74) is 6.09. The van der Waals surface area contributed by atoms with E-state index in [1.807, 2.05) is 73.7 Å². The maximum atomic E-state index is 10.9. The van der Waals surface area contributed by atoms with Crippen LogP contribution in [-0.2, 0) is 55.5 Å². The fourth-order valence-corrected chi connectivity index (χ4v) is 6.92. The summed E-state index contributed by atoms with van der Waals surface area (Å²) in [7, 11) is 1.59. The highest BCUT2D eigenvalue weighted by atomic mass is 16.7. The molecule has 51 heavy (non-hydrogen) atoms. The van der Waals surface area contributed by atoms with Crippen molar-refractivity contribution in [3.8, 4) is 0 Å². The van der Waals surface area contributed by atoms with Crippen molar-refractivity contribution in [1.82, 2.24) is 0 Å². The van der Waals surface area contributed by atoms with Crippen LogP contribution in [0.3, 0.4) is 0 Å². The van der Waals surface area contributed by atoms with E-state index in [4.69, 9.17) is 23.7 Å². The molecule has 2 N–H and O–H groups in total. The minimum Gasteiger partial charge on any atom is -0.393 e.